The Kier molecular flexibility index (Phi) is 2.55. The first kappa shape index (κ1) is 9.92. The fourth-order valence-corrected chi connectivity index (χ4v) is 1.35. The number of rotatable bonds is 2. The quantitative estimate of drug-likeness (QED) is 0.731. The number of hydrogen-bond donors (Lipinski definition) is 2. The molecule has 4 heteroatoms. The molecule has 78 valence electrons. The molecule has 15 heavy (non-hydrogen) atoms. The highest BCUT2D eigenvalue weighted by Crippen LogP contribution is 2.19. The Balaban J connectivity index is 2.41. The lowest BCUT2D eigenvalue weighted by atomic mass is 10.2. The summed E-state index contributed by atoms with van der Waals surface area (Å²) in [6.07, 6.45) is 1.52. The summed E-state index contributed by atoms with van der Waals surface area (Å²) >= 11 is 0. The zero-order valence-electron chi connectivity index (χ0n) is 8.23. The largest absolute Gasteiger partial charge is 0.595 e. The lowest BCUT2D eigenvalue weighted by Crippen LogP contribution is -3.02. The van der Waals surface area contributed by atoms with Crippen molar-refractivity contribution < 1.29 is 14.9 Å². The van der Waals surface area contributed by atoms with E-state index < -0.39 is 5.23 Å². The summed E-state index contributed by atoms with van der Waals surface area (Å²) in [5.41, 5.74) is 1.02. The van der Waals surface area contributed by atoms with Crippen LogP contribution in [0, 0.1) is 5.21 Å². The number of furan rings is 1. The van der Waals surface area contributed by atoms with Crippen LogP contribution in [0.5, 0.6) is 0 Å². The van der Waals surface area contributed by atoms with Gasteiger partial charge in [-0.25, -0.2) is 5.21 Å². The summed E-state index contributed by atoms with van der Waals surface area (Å²) in [5, 5.41) is 19.4. The third kappa shape index (κ3) is 2.07. The van der Waals surface area contributed by atoms with E-state index in [0.29, 0.717) is 5.76 Å². The van der Waals surface area contributed by atoms with Gasteiger partial charge in [0.2, 0.25) is 0 Å². The Morgan fingerprint density at radius 3 is 2.87 bits per heavy atom. The van der Waals surface area contributed by atoms with Crippen LogP contribution < -0.4 is 5.23 Å². The molecule has 0 aliphatic rings. The number of fused-ring (bicyclic) bond motifs is 1. The molecule has 0 amide bonds. The Morgan fingerprint density at radius 1 is 1.47 bits per heavy atom. The number of hydroxylamine groups is 2. The van der Waals surface area contributed by atoms with E-state index in [9.17, 15) is 5.21 Å². The number of nitrogens with one attached hydrogen (secondary N) is 1. The van der Waals surface area contributed by atoms with E-state index in [4.69, 9.17) is 9.62 Å². The van der Waals surface area contributed by atoms with Crippen LogP contribution in [0.15, 0.2) is 40.4 Å². The van der Waals surface area contributed by atoms with E-state index in [-0.39, 0.29) is 5.70 Å². The highest BCUT2D eigenvalue weighted by atomic mass is 16.8. The molecule has 1 aromatic heterocycles. The summed E-state index contributed by atoms with van der Waals surface area (Å²) in [6, 6.07) is 9.38. The maximum absolute atomic E-state index is 10.6. The molecule has 0 saturated heterocycles. The van der Waals surface area contributed by atoms with Crippen LogP contribution in [0.3, 0.4) is 0 Å². The second-order valence-electron chi connectivity index (χ2n) is 3.32. The van der Waals surface area contributed by atoms with Crippen LogP contribution in [0.2, 0.25) is 0 Å². The second kappa shape index (κ2) is 3.86. The maximum atomic E-state index is 10.6. The number of hydrogen-bond acceptors (Lipinski definition) is 3. The number of para-hydroxylation sites is 1. The van der Waals surface area contributed by atoms with E-state index in [1.54, 1.807) is 0 Å². The first-order valence-electron chi connectivity index (χ1n) is 4.57. The first-order chi connectivity index (χ1) is 7.16. The second-order valence-corrected chi connectivity index (χ2v) is 3.32. The van der Waals surface area contributed by atoms with Gasteiger partial charge in [0.1, 0.15) is 17.0 Å². The monoisotopic (exact) mass is 205 g/mol. The molecule has 1 atom stereocenters. The average Bonchev–Trinajstić information content (AvgIpc) is 2.59. The molecule has 2 rings (SSSR count). The fraction of sp³-hybridized carbons (Fsp3) is 0.0909. The van der Waals surface area contributed by atoms with Crippen molar-refractivity contribution in [3.05, 3.63) is 47.0 Å². The van der Waals surface area contributed by atoms with Crippen LogP contribution in [-0.2, 0) is 0 Å². The van der Waals surface area contributed by atoms with Crippen molar-refractivity contribution >= 4 is 17.0 Å². The lowest BCUT2D eigenvalue weighted by molar-refractivity contribution is -1.01. The number of allylic oxidation sites excluding steroid dienone is 1. The van der Waals surface area contributed by atoms with Gasteiger partial charge in [-0.3, -0.25) is 0 Å². The maximum Gasteiger partial charge on any atom is 0.140 e. The Hall–Kier alpha value is -1.62. The minimum atomic E-state index is -0.935. The predicted octanol–water partition coefficient (Wildman–Crippen LogP) is 1.57. The number of benzene rings is 1. The molecule has 1 unspecified atom stereocenters. The van der Waals surface area contributed by atoms with Gasteiger partial charge in [-0.05, 0) is 12.1 Å². The summed E-state index contributed by atoms with van der Waals surface area (Å²) in [5.74, 6) is 0.566. The topological polar surface area (TPSA) is 60.9 Å². The molecule has 1 heterocycles. The van der Waals surface area contributed by atoms with Gasteiger partial charge in [0.05, 0.1) is 0 Å². The molecule has 0 fully saturated rings. The molecule has 1 aromatic carbocycles. The Labute approximate surface area is 86.6 Å². The molecule has 0 bridgehead atoms. The van der Waals surface area contributed by atoms with E-state index in [2.05, 4.69) is 0 Å². The van der Waals surface area contributed by atoms with Crippen LogP contribution in [-0.4, -0.2) is 5.21 Å². The van der Waals surface area contributed by atoms with E-state index in [0.717, 1.165) is 11.0 Å². The lowest BCUT2D eigenvalue weighted by Gasteiger charge is -2.10. The van der Waals surface area contributed by atoms with Gasteiger partial charge in [-0.2, -0.15) is 5.23 Å². The van der Waals surface area contributed by atoms with E-state index in [1.165, 1.54) is 13.0 Å². The van der Waals surface area contributed by atoms with Crippen molar-refractivity contribution in [1.82, 2.24) is 0 Å². The Morgan fingerprint density at radius 2 is 2.20 bits per heavy atom. The minimum absolute atomic E-state index is 0.258. The van der Waals surface area contributed by atoms with Crippen LogP contribution in [0.4, 0.5) is 0 Å². The van der Waals surface area contributed by atoms with Crippen molar-refractivity contribution in [3.63, 3.8) is 0 Å². The summed E-state index contributed by atoms with van der Waals surface area (Å²) in [6.45, 7) is 1.54. The van der Waals surface area contributed by atoms with Crippen molar-refractivity contribution in [2.45, 2.75) is 6.92 Å². The predicted molar refractivity (Wildman–Crippen MR) is 56.0 cm³/mol. The standard InChI is InChI=1S/C11H11NO3/c1-8(12(13)14)6-10-7-9-4-2-3-5-11(9)15-10/h2-7,12-13H,1H3/b8-6+. The molecular formula is C11H11NO3. The van der Waals surface area contributed by atoms with Crippen molar-refractivity contribution in [1.29, 1.82) is 0 Å². The smallest absolute Gasteiger partial charge is 0.140 e. The molecule has 0 aliphatic heterocycles. The third-order valence-corrected chi connectivity index (χ3v) is 2.14. The molecule has 2 aromatic rings. The molecule has 4 nitrogen and oxygen atoms in total. The van der Waals surface area contributed by atoms with Crippen molar-refractivity contribution in [2.75, 3.05) is 0 Å². The summed E-state index contributed by atoms with van der Waals surface area (Å²) in [4.78, 5) is 0. The Bertz CT molecular complexity index is 466. The van der Waals surface area contributed by atoms with Gasteiger partial charge >= 0.3 is 0 Å². The highest BCUT2D eigenvalue weighted by Gasteiger charge is 2.03. The molecule has 2 N–H and O–H groups in total. The summed E-state index contributed by atoms with van der Waals surface area (Å²) in [7, 11) is 0. The molecule has 0 saturated carbocycles. The third-order valence-electron chi connectivity index (χ3n) is 2.14. The van der Waals surface area contributed by atoms with E-state index >= 15 is 0 Å². The first-order valence-corrected chi connectivity index (χ1v) is 4.57. The highest BCUT2D eigenvalue weighted by molar-refractivity contribution is 5.79. The molecule has 0 spiro atoms. The van der Waals surface area contributed by atoms with Crippen LogP contribution in [0.25, 0.3) is 17.0 Å². The zero-order chi connectivity index (χ0) is 10.8. The van der Waals surface area contributed by atoms with Gasteiger partial charge in [-0.1, -0.05) is 18.2 Å². The van der Waals surface area contributed by atoms with Gasteiger partial charge in [-0.15, -0.1) is 0 Å². The van der Waals surface area contributed by atoms with Gasteiger partial charge in [0.25, 0.3) is 0 Å². The van der Waals surface area contributed by atoms with Gasteiger partial charge < -0.3 is 9.62 Å². The van der Waals surface area contributed by atoms with E-state index in [1.807, 2.05) is 30.3 Å². The molecular weight excluding hydrogens is 194 g/mol. The SMILES string of the molecule is C/C(=C\c1cc2ccccc2o1)[NH+]([O-])O. The minimum Gasteiger partial charge on any atom is -0.595 e. The van der Waals surface area contributed by atoms with Gasteiger partial charge in [0.15, 0.2) is 0 Å². The summed E-state index contributed by atoms with van der Waals surface area (Å²) < 4.78 is 5.45. The van der Waals surface area contributed by atoms with Gasteiger partial charge in [0, 0.05) is 18.4 Å². The fourth-order valence-electron chi connectivity index (χ4n) is 1.35. The van der Waals surface area contributed by atoms with Crippen molar-refractivity contribution in [2.24, 2.45) is 0 Å². The average molecular weight is 205 g/mol. The molecule has 0 aliphatic carbocycles. The van der Waals surface area contributed by atoms with Crippen LogP contribution >= 0.6 is 0 Å². The molecule has 0 radical (unpaired) electrons. The van der Waals surface area contributed by atoms with Crippen molar-refractivity contribution in [3.8, 4) is 0 Å². The zero-order valence-corrected chi connectivity index (χ0v) is 8.23. The van der Waals surface area contributed by atoms with Crippen LogP contribution in [0.1, 0.15) is 12.7 Å². The number of quaternary nitrogens is 1. The normalized spacial score (nSPS) is 14.5.